The van der Waals surface area contributed by atoms with Gasteiger partial charge >= 0.3 is 5.97 Å². The van der Waals surface area contributed by atoms with Crippen molar-refractivity contribution in [1.29, 1.82) is 5.26 Å². The molecular weight excluding hydrogens is 338 g/mol. The van der Waals surface area contributed by atoms with Crippen LogP contribution in [0.1, 0.15) is 28.4 Å². The van der Waals surface area contributed by atoms with E-state index in [9.17, 15) is 19.7 Å². The zero-order chi connectivity index (χ0) is 19.1. The molecule has 2 aromatic carbocycles. The number of rotatable bonds is 6. The van der Waals surface area contributed by atoms with Gasteiger partial charge in [-0.15, -0.1) is 0 Å². The Morgan fingerprint density at radius 3 is 2.50 bits per heavy atom. The minimum Gasteiger partial charge on any atom is -0.452 e. The predicted molar refractivity (Wildman–Crippen MR) is 92.5 cm³/mol. The van der Waals surface area contributed by atoms with E-state index in [1.54, 1.807) is 30.3 Å². The summed E-state index contributed by atoms with van der Waals surface area (Å²) < 4.78 is 4.93. The Balaban J connectivity index is 1.97. The monoisotopic (exact) mass is 353 g/mol. The van der Waals surface area contributed by atoms with Gasteiger partial charge in [-0.05, 0) is 30.2 Å². The Hall–Kier alpha value is -3.73. The molecule has 0 heterocycles. The summed E-state index contributed by atoms with van der Waals surface area (Å²) in [4.78, 5) is 33.9. The van der Waals surface area contributed by atoms with Gasteiger partial charge in [0.25, 0.3) is 11.6 Å². The summed E-state index contributed by atoms with van der Waals surface area (Å²) in [5.41, 5.74) is 1.17. The van der Waals surface area contributed by atoms with E-state index in [0.29, 0.717) is 5.56 Å². The van der Waals surface area contributed by atoms with E-state index in [-0.39, 0.29) is 16.9 Å². The van der Waals surface area contributed by atoms with Gasteiger partial charge in [-0.25, -0.2) is 4.79 Å². The maximum atomic E-state index is 11.9. The SMILES string of the molecule is CCc1ccc(C(=O)OCC(=O)Nc2ccc([N+](=O)[O-])cc2C#N)cc1. The normalized spacial score (nSPS) is 9.85. The Bertz CT molecular complexity index is 885. The van der Waals surface area contributed by atoms with E-state index in [0.717, 1.165) is 24.1 Å². The lowest BCUT2D eigenvalue weighted by atomic mass is 10.1. The first-order valence-electron chi connectivity index (χ1n) is 7.69. The number of amides is 1. The van der Waals surface area contributed by atoms with Crippen molar-refractivity contribution in [3.05, 3.63) is 69.3 Å². The fourth-order valence-electron chi connectivity index (χ4n) is 2.12. The summed E-state index contributed by atoms with van der Waals surface area (Å²) in [7, 11) is 0. The van der Waals surface area contributed by atoms with E-state index >= 15 is 0 Å². The molecule has 0 radical (unpaired) electrons. The number of hydrogen-bond acceptors (Lipinski definition) is 6. The number of ether oxygens (including phenoxy) is 1. The van der Waals surface area contributed by atoms with Crippen LogP contribution < -0.4 is 5.32 Å². The van der Waals surface area contributed by atoms with Gasteiger partial charge in [0.1, 0.15) is 6.07 Å². The summed E-state index contributed by atoms with van der Waals surface area (Å²) >= 11 is 0. The third-order valence-electron chi connectivity index (χ3n) is 3.54. The Kier molecular flexibility index (Phi) is 6.01. The van der Waals surface area contributed by atoms with Gasteiger partial charge in [0.05, 0.1) is 21.7 Å². The van der Waals surface area contributed by atoms with E-state index < -0.39 is 23.4 Å². The van der Waals surface area contributed by atoms with Crippen molar-refractivity contribution < 1.29 is 19.2 Å². The summed E-state index contributed by atoms with van der Waals surface area (Å²) in [5.74, 6) is -1.30. The predicted octanol–water partition coefficient (Wildman–Crippen LogP) is 2.82. The standard InChI is InChI=1S/C18H15N3O5/c1-2-12-3-5-13(6-4-12)18(23)26-11-17(22)20-16-8-7-15(21(24)25)9-14(16)10-19/h3-9H,2,11H2,1H3,(H,20,22). The molecule has 26 heavy (non-hydrogen) atoms. The quantitative estimate of drug-likeness (QED) is 0.484. The second-order valence-electron chi connectivity index (χ2n) is 5.27. The first-order valence-corrected chi connectivity index (χ1v) is 7.69. The molecule has 0 saturated carbocycles. The number of carbonyl (C=O) groups excluding carboxylic acids is 2. The highest BCUT2D eigenvalue weighted by Crippen LogP contribution is 2.21. The fourth-order valence-corrected chi connectivity index (χ4v) is 2.12. The number of aryl methyl sites for hydroxylation is 1. The second-order valence-corrected chi connectivity index (χ2v) is 5.27. The number of nitrogens with one attached hydrogen (secondary N) is 1. The van der Waals surface area contributed by atoms with Crippen molar-refractivity contribution in [3.8, 4) is 6.07 Å². The largest absolute Gasteiger partial charge is 0.452 e. The van der Waals surface area contributed by atoms with Crippen molar-refractivity contribution in [2.45, 2.75) is 13.3 Å². The number of non-ortho nitro benzene ring substituents is 1. The lowest BCUT2D eigenvalue weighted by molar-refractivity contribution is -0.384. The van der Waals surface area contributed by atoms with E-state index in [1.807, 2.05) is 6.92 Å². The van der Waals surface area contributed by atoms with Crippen LogP contribution in [-0.2, 0) is 16.0 Å². The van der Waals surface area contributed by atoms with Crippen LogP contribution in [0.5, 0.6) is 0 Å². The lowest BCUT2D eigenvalue weighted by Crippen LogP contribution is -2.21. The van der Waals surface area contributed by atoms with Gasteiger partial charge in [0.15, 0.2) is 6.61 Å². The topological polar surface area (TPSA) is 122 Å². The van der Waals surface area contributed by atoms with Gasteiger partial charge in [-0.1, -0.05) is 19.1 Å². The first-order chi connectivity index (χ1) is 12.4. The highest BCUT2D eigenvalue weighted by Gasteiger charge is 2.14. The van der Waals surface area contributed by atoms with Crippen molar-refractivity contribution in [1.82, 2.24) is 0 Å². The van der Waals surface area contributed by atoms with E-state index in [4.69, 9.17) is 10.00 Å². The molecule has 0 fully saturated rings. The van der Waals surface area contributed by atoms with Gasteiger partial charge < -0.3 is 10.1 Å². The van der Waals surface area contributed by atoms with Crippen LogP contribution in [0.2, 0.25) is 0 Å². The number of hydrogen-bond donors (Lipinski definition) is 1. The van der Waals surface area contributed by atoms with Crippen LogP contribution in [0.25, 0.3) is 0 Å². The maximum absolute atomic E-state index is 11.9. The maximum Gasteiger partial charge on any atom is 0.338 e. The number of nitriles is 1. The zero-order valence-corrected chi connectivity index (χ0v) is 13.9. The van der Waals surface area contributed by atoms with Gasteiger partial charge in [0.2, 0.25) is 0 Å². The summed E-state index contributed by atoms with van der Waals surface area (Å²) in [5, 5.41) is 22.1. The molecule has 0 unspecified atom stereocenters. The highest BCUT2D eigenvalue weighted by atomic mass is 16.6. The molecule has 1 N–H and O–H groups in total. The van der Waals surface area contributed by atoms with Gasteiger partial charge in [0, 0.05) is 12.1 Å². The summed E-state index contributed by atoms with van der Waals surface area (Å²) in [6.45, 7) is 1.45. The molecule has 2 rings (SSSR count). The Morgan fingerprint density at radius 1 is 1.23 bits per heavy atom. The highest BCUT2D eigenvalue weighted by molar-refractivity contribution is 5.96. The van der Waals surface area contributed by atoms with E-state index in [1.165, 1.54) is 6.07 Å². The Morgan fingerprint density at radius 2 is 1.92 bits per heavy atom. The molecule has 0 atom stereocenters. The van der Waals surface area contributed by atoms with Gasteiger partial charge in [-0.3, -0.25) is 14.9 Å². The number of carbonyl (C=O) groups is 2. The minimum absolute atomic E-state index is 0.0611. The molecule has 0 aliphatic carbocycles. The second kappa shape index (κ2) is 8.39. The molecule has 8 heteroatoms. The third kappa shape index (κ3) is 4.64. The number of benzene rings is 2. The third-order valence-corrected chi connectivity index (χ3v) is 3.54. The van der Waals surface area contributed by atoms with Crippen molar-refractivity contribution in [2.24, 2.45) is 0 Å². The van der Waals surface area contributed by atoms with Crippen molar-refractivity contribution in [2.75, 3.05) is 11.9 Å². The van der Waals surface area contributed by atoms with Crippen LogP contribution in [0.3, 0.4) is 0 Å². The van der Waals surface area contributed by atoms with Crippen LogP contribution >= 0.6 is 0 Å². The fraction of sp³-hybridized carbons (Fsp3) is 0.167. The minimum atomic E-state index is -0.658. The molecule has 2 aromatic rings. The Labute approximate surface area is 149 Å². The van der Waals surface area contributed by atoms with Crippen molar-refractivity contribution >= 4 is 23.3 Å². The van der Waals surface area contributed by atoms with Crippen LogP contribution in [-0.4, -0.2) is 23.4 Å². The molecule has 8 nitrogen and oxygen atoms in total. The molecule has 0 saturated heterocycles. The number of nitro benzene ring substituents is 1. The van der Waals surface area contributed by atoms with Crippen LogP contribution in [0.4, 0.5) is 11.4 Å². The van der Waals surface area contributed by atoms with Gasteiger partial charge in [-0.2, -0.15) is 5.26 Å². The summed E-state index contributed by atoms with van der Waals surface area (Å²) in [6.07, 6.45) is 0.841. The van der Waals surface area contributed by atoms with Crippen LogP contribution in [0, 0.1) is 21.4 Å². The molecule has 132 valence electrons. The number of nitrogens with zero attached hydrogens (tertiary/aromatic N) is 2. The molecule has 0 bridgehead atoms. The summed E-state index contributed by atoms with van der Waals surface area (Å²) in [6, 6.07) is 12.1. The van der Waals surface area contributed by atoms with E-state index in [2.05, 4.69) is 5.32 Å². The molecular formula is C18H15N3O5. The number of anilines is 1. The smallest absolute Gasteiger partial charge is 0.338 e. The lowest BCUT2D eigenvalue weighted by Gasteiger charge is -2.08. The average Bonchev–Trinajstić information content (AvgIpc) is 2.66. The first kappa shape index (κ1) is 18.6. The average molecular weight is 353 g/mol. The molecule has 0 spiro atoms. The molecule has 0 aromatic heterocycles. The number of esters is 1. The molecule has 1 amide bonds. The molecule has 0 aliphatic heterocycles. The van der Waals surface area contributed by atoms with Crippen molar-refractivity contribution in [3.63, 3.8) is 0 Å². The zero-order valence-electron chi connectivity index (χ0n) is 13.9. The number of nitro groups is 1. The molecule has 0 aliphatic rings. The van der Waals surface area contributed by atoms with Crippen LogP contribution in [0.15, 0.2) is 42.5 Å².